The zero-order valence-corrected chi connectivity index (χ0v) is 16.6. The summed E-state index contributed by atoms with van der Waals surface area (Å²) in [5.41, 5.74) is 1.08. The van der Waals surface area contributed by atoms with Crippen molar-refractivity contribution in [2.24, 2.45) is 5.92 Å². The lowest BCUT2D eigenvalue weighted by Gasteiger charge is -2.15. The fourth-order valence-corrected chi connectivity index (χ4v) is 3.38. The van der Waals surface area contributed by atoms with Crippen molar-refractivity contribution in [1.82, 2.24) is 5.32 Å². The summed E-state index contributed by atoms with van der Waals surface area (Å²) in [4.78, 5) is 12.3. The fourth-order valence-electron chi connectivity index (χ4n) is 2.87. The number of hydrogen-bond donors (Lipinski definition) is 1. The summed E-state index contributed by atoms with van der Waals surface area (Å²) >= 11 is 12.1. The summed E-state index contributed by atoms with van der Waals surface area (Å²) in [5.74, 6) is 0.362. The minimum absolute atomic E-state index is 0.158. The van der Waals surface area contributed by atoms with E-state index in [4.69, 9.17) is 23.2 Å². The van der Waals surface area contributed by atoms with Crippen LogP contribution in [0.1, 0.15) is 70.8 Å². The van der Waals surface area contributed by atoms with Crippen LogP contribution in [0, 0.1) is 5.92 Å². The summed E-state index contributed by atoms with van der Waals surface area (Å²) in [6.07, 6.45) is 9.92. The highest BCUT2D eigenvalue weighted by Crippen LogP contribution is 2.22. The molecule has 1 aromatic rings. The topological polar surface area (TPSA) is 29.1 Å². The number of benzene rings is 1. The van der Waals surface area contributed by atoms with Crippen LogP contribution in [0.3, 0.4) is 0 Å². The Bertz CT molecular complexity index is 491. The molecule has 1 amide bonds. The Morgan fingerprint density at radius 3 is 2.50 bits per heavy atom. The largest absolute Gasteiger partial charge is 0.356 e. The van der Waals surface area contributed by atoms with E-state index >= 15 is 0 Å². The zero-order valence-electron chi connectivity index (χ0n) is 15.0. The Hall–Kier alpha value is -0.730. The Labute approximate surface area is 157 Å². The summed E-state index contributed by atoms with van der Waals surface area (Å²) in [5, 5.41) is 4.43. The molecule has 0 aliphatic heterocycles. The van der Waals surface area contributed by atoms with Gasteiger partial charge in [-0.25, -0.2) is 0 Å². The van der Waals surface area contributed by atoms with Crippen LogP contribution in [-0.2, 0) is 11.2 Å². The quantitative estimate of drug-likeness (QED) is 0.421. The van der Waals surface area contributed by atoms with Gasteiger partial charge in [-0.3, -0.25) is 4.79 Å². The van der Waals surface area contributed by atoms with Gasteiger partial charge in [0.05, 0.1) is 0 Å². The zero-order chi connectivity index (χ0) is 17.8. The van der Waals surface area contributed by atoms with Crippen LogP contribution < -0.4 is 5.32 Å². The maximum Gasteiger partial charge on any atom is 0.223 e. The van der Waals surface area contributed by atoms with Crippen LogP contribution in [0.4, 0.5) is 0 Å². The number of halogens is 2. The Morgan fingerprint density at radius 1 is 1.08 bits per heavy atom. The molecule has 136 valence electrons. The van der Waals surface area contributed by atoms with Crippen molar-refractivity contribution < 1.29 is 4.79 Å². The smallest absolute Gasteiger partial charge is 0.223 e. The van der Waals surface area contributed by atoms with Gasteiger partial charge in [-0.05, 0) is 43.4 Å². The van der Waals surface area contributed by atoms with Crippen molar-refractivity contribution in [3.63, 3.8) is 0 Å². The Balaban J connectivity index is 2.23. The van der Waals surface area contributed by atoms with Gasteiger partial charge in [-0.2, -0.15) is 0 Å². The molecule has 0 aliphatic carbocycles. The number of hydrogen-bond acceptors (Lipinski definition) is 1. The summed E-state index contributed by atoms with van der Waals surface area (Å²) in [6.45, 7) is 5.02. The normalized spacial score (nSPS) is 12.2. The molecule has 1 atom stereocenters. The Kier molecular flexibility index (Phi) is 11.2. The molecule has 2 nitrogen and oxygen atoms in total. The van der Waals surface area contributed by atoms with Gasteiger partial charge >= 0.3 is 0 Å². The van der Waals surface area contributed by atoms with E-state index in [0.717, 1.165) is 37.7 Å². The lowest BCUT2D eigenvalue weighted by Crippen LogP contribution is -2.31. The third-order valence-corrected chi connectivity index (χ3v) is 5.04. The predicted molar refractivity (Wildman–Crippen MR) is 105 cm³/mol. The van der Waals surface area contributed by atoms with Crippen LogP contribution in [0.5, 0.6) is 0 Å². The molecule has 1 unspecified atom stereocenters. The summed E-state index contributed by atoms with van der Waals surface area (Å²) in [7, 11) is 0. The molecular weight excluding hydrogens is 341 g/mol. The number of amides is 1. The maximum atomic E-state index is 12.3. The maximum absolute atomic E-state index is 12.3. The van der Waals surface area contributed by atoms with E-state index in [1.54, 1.807) is 6.07 Å². The van der Waals surface area contributed by atoms with E-state index in [2.05, 4.69) is 19.2 Å². The molecule has 1 N–H and O–H groups in total. The second-order valence-corrected chi connectivity index (χ2v) is 7.28. The van der Waals surface area contributed by atoms with Crippen molar-refractivity contribution in [2.75, 3.05) is 6.54 Å². The molecule has 24 heavy (non-hydrogen) atoms. The van der Waals surface area contributed by atoms with E-state index < -0.39 is 0 Å². The Morgan fingerprint density at radius 2 is 1.83 bits per heavy atom. The van der Waals surface area contributed by atoms with Crippen LogP contribution in [0.15, 0.2) is 18.2 Å². The first-order chi connectivity index (χ1) is 11.6. The van der Waals surface area contributed by atoms with Gasteiger partial charge in [0.25, 0.3) is 0 Å². The number of carbonyl (C=O) groups is 1. The average molecular weight is 372 g/mol. The molecule has 0 saturated heterocycles. The molecule has 0 aliphatic rings. The van der Waals surface area contributed by atoms with Gasteiger partial charge in [0, 0.05) is 22.5 Å². The van der Waals surface area contributed by atoms with Crippen LogP contribution in [0.2, 0.25) is 10.0 Å². The lowest BCUT2D eigenvalue weighted by molar-refractivity contribution is -0.125. The standard InChI is InChI=1S/C20H31Cl2NO/c1-3-5-6-7-8-10-16(4-2)20(24)23-14-9-11-17-12-13-18(21)15-19(17)22/h12-13,15-16H,3-11,14H2,1-2H3,(H,23,24). The molecule has 0 fully saturated rings. The van der Waals surface area contributed by atoms with E-state index in [0.29, 0.717) is 16.6 Å². The minimum Gasteiger partial charge on any atom is -0.356 e. The lowest BCUT2D eigenvalue weighted by atomic mass is 9.97. The molecule has 0 radical (unpaired) electrons. The number of rotatable bonds is 12. The summed E-state index contributed by atoms with van der Waals surface area (Å²) < 4.78 is 0. The van der Waals surface area contributed by atoms with Gasteiger partial charge in [-0.1, -0.05) is 75.2 Å². The monoisotopic (exact) mass is 371 g/mol. The van der Waals surface area contributed by atoms with Crippen LogP contribution in [0.25, 0.3) is 0 Å². The molecule has 1 rings (SSSR count). The minimum atomic E-state index is 0.158. The second-order valence-electron chi connectivity index (χ2n) is 6.44. The van der Waals surface area contributed by atoms with E-state index in [9.17, 15) is 4.79 Å². The number of unbranched alkanes of at least 4 members (excludes halogenated alkanes) is 4. The first-order valence-electron chi connectivity index (χ1n) is 9.30. The van der Waals surface area contributed by atoms with Crippen molar-refractivity contribution in [1.29, 1.82) is 0 Å². The SMILES string of the molecule is CCCCCCCC(CC)C(=O)NCCCc1ccc(Cl)cc1Cl. The van der Waals surface area contributed by atoms with Crippen molar-refractivity contribution in [3.8, 4) is 0 Å². The summed E-state index contributed by atoms with van der Waals surface area (Å²) in [6, 6.07) is 5.58. The van der Waals surface area contributed by atoms with Gasteiger partial charge < -0.3 is 5.32 Å². The van der Waals surface area contributed by atoms with Gasteiger partial charge in [0.1, 0.15) is 0 Å². The van der Waals surface area contributed by atoms with Gasteiger partial charge in [0.15, 0.2) is 0 Å². The first-order valence-corrected chi connectivity index (χ1v) is 10.1. The number of carbonyl (C=O) groups excluding carboxylic acids is 1. The van der Waals surface area contributed by atoms with Crippen molar-refractivity contribution in [3.05, 3.63) is 33.8 Å². The average Bonchev–Trinajstić information content (AvgIpc) is 2.56. The fraction of sp³-hybridized carbons (Fsp3) is 0.650. The molecular formula is C20H31Cl2NO. The molecule has 0 spiro atoms. The van der Waals surface area contributed by atoms with Gasteiger partial charge in [-0.15, -0.1) is 0 Å². The van der Waals surface area contributed by atoms with E-state index in [1.807, 2.05) is 12.1 Å². The third-order valence-electron chi connectivity index (χ3n) is 4.46. The highest BCUT2D eigenvalue weighted by Gasteiger charge is 2.15. The highest BCUT2D eigenvalue weighted by molar-refractivity contribution is 6.35. The van der Waals surface area contributed by atoms with Crippen LogP contribution in [-0.4, -0.2) is 12.5 Å². The molecule has 0 bridgehead atoms. The first kappa shape index (κ1) is 21.3. The molecule has 1 aromatic carbocycles. The van der Waals surface area contributed by atoms with E-state index in [-0.39, 0.29) is 11.8 Å². The molecule has 0 aromatic heterocycles. The molecule has 0 saturated carbocycles. The number of nitrogens with one attached hydrogen (secondary N) is 1. The molecule has 4 heteroatoms. The second kappa shape index (κ2) is 12.6. The third kappa shape index (κ3) is 8.39. The van der Waals surface area contributed by atoms with Crippen LogP contribution >= 0.6 is 23.2 Å². The van der Waals surface area contributed by atoms with Crippen molar-refractivity contribution in [2.45, 2.75) is 71.6 Å². The number of aryl methyl sites for hydroxylation is 1. The van der Waals surface area contributed by atoms with E-state index in [1.165, 1.54) is 25.7 Å². The highest BCUT2D eigenvalue weighted by atomic mass is 35.5. The predicted octanol–water partition coefficient (Wildman–Crippen LogP) is 6.43. The molecule has 0 heterocycles. The van der Waals surface area contributed by atoms with Crippen molar-refractivity contribution >= 4 is 29.1 Å². The van der Waals surface area contributed by atoms with Gasteiger partial charge in [0.2, 0.25) is 5.91 Å².